The van der Waals surface area contributed by atoms with Gasteiger partial charge in [0.2, 0.25) is 5.43 Å². The van der Waals surface area contributed by atoms with Gasteiger partial charge >= 0.3 is 0 Å². The molecule has 22 heavy (non-hydrogen) atoms. The van der Waals surface area contributed by atoms with Crippen LogP contribution in [0.3, 0.4) is 0 Å². The summed E-state index contributed by atoms with van der Waals surface area (Å²) in [5.41, 5.74) is 0.823. The monoisotopic (exact) mass is 354 g/mol. The molecule has 0 aliphatic heterocycles. The largest absolute Gasteiger partial charge is 0.489 e. The fourth-order valence-corrected chi connectivity index (χ4v) is 2.65. The van der Waals surface area contributed by atoms with Crippen molar-refractivity contribution in [2.45, 2.75) is 6.61 Å². The Bertz CT molecular complexity index is 883. The SMILES string of the molecule is O=c1c(Cl)coc2cc(OCc3c(Cl)cccc3Cl)ccc12. The van der Waals surface area contributed by atoms with Crippen LogP contribution >= 0.6 is 34.8 Å². The van der Waals surface area contributed by atoms with Crippen LogP contribution in [-0.2, 0) is 6.61 Å². The molecule has 0 saturated heterocycles. The lowest BCUT2D eigenvalue weighted by Gasteiger charge is -2.09. The summed E-state index contributed by atoms with van der Waals surface area (Å²) in [6.07, 6.45) is 1.21. The van der Waals surface area contributed by atoms with Crippen LogP contribution < -0.4 is 10.2 Å². The summed E-state index contributed by atoms with van der Waals surface area (Å²) in [6, 6.07) is 10.2. The molecule has 0 radical (unpaired) electrons. The Hall–Kier alpha value is -1.68. The summed E-state index contributed by atoms with van der Waals surface area (Å²) in [4.78, 5) is 11.8. The van der Waals surface area contributed by atoms with Crippen molar-refractivity contribution in [3.63, 3.8) is 0 Å². The van der Waals surface area contributed by atoms with Gasteiger partial charge < -0.3 is 9.15 Å². The van der Waals surface area contributed by atoms with Crippen molar-refractivity contribution in [1.29, 1.82) is 0 Å². The molecule has 0 spiro atoms. The van der Waals surface area contributed by atoms with Gasteiger partial charge in [-0.2, -0.15) is 0 Å². The molecule has 112 valence electrons. The summed E-state index contributed by atoms with van der Waals surface area (Å²) >= 11 is 17.9. The van der Waals surface area contributed by atoms with E-state index in [2.05, 4.69) is 0 Å². The molecular weight excluding hydrogens is 347 g/mol. The van der Waals surface area contributed by atoms with Gasteiger partial charge in [0.15, 0.2) is 0 Å². The third kappa shape index (κ3) is 2.93. The smallest absolute Gasteiger partial charge is 0.211 e. The number of halogens is 3. The average Bonchev–Trinajstić information content (AvgIpc) is 2.50. The number of fused-ring (bicyclic) bond motifs is 1. The first-order valence-electron chi connectivity index (χ1n) is 6.33. The van der Waals surface area contributed by atoms with E-state index in [1.165, 1.54) is 6.26 Å². The third-order valence-electron chi connectivity index (χ3n) is 3.15. The van der Waals surface area contributed by atoms with E-state index in [-0.39, 0.29) is 17.1 Å². The predicted molar refractivity (Wildman–Crippen MR) is 88.3 cm³/mol. The maximum absolute atomic E-state index is 11.8. The van der Waals surface area contributed by atoms with Crippen molar-refractivity contribution in [2.75, 3.05) is 0 Å². The van der Waals surface area contributed by atoms with Crippen LogP contribution in [0.25, 0.3) is 11.0 Å². The Kier molecular flexibility index (Phi) is 4.30. The van der Waals surface area contributed by atoms with Gasteiger partial charge in [-0.05, 0) is 24.3 Å². The fourth-order valence-electron chi connectivity index (χ4n) is 2.00. The van der Waals surface area contributed by atoms with Crippen LogP contribution in [0.1, 0.15) is 5.56 Å². The lowest BCUT2D eigenvalue weighted by molar-refractivity contribution is 0.306. The zero-order chi connectivity index (χ0) is 15.7. The second kappa shape index (κ2) is 6.21. The molecule has 3 aromatic rings. The Morgan fingerprint density at radius 2 is 1.73 bits per heavy atom. The van der Waals surface area contributed by atoms with Crippen LogP contribution in [0.2, 0.25) is 15.1 Å². The van der Waals surface area contributed by atoms with Gasteiger partial charge in [-0.15, -0.1) is 0 Å². The molecule has 3 rings (SSSR count). The number of benzene rings is 2. The zero-order valence-corrected chi connectivity index (χ0v) is 13.4. The molecule has 1 heterocycles. The molecule has 0 saturated carbocycles. The Balaban J connectivity index is 1.89. The number of hydrogen-bond acceptors (Lipinski definition) is 3. The summed E-state index contributed by atoms with van der Waals surface area (Å²) in [5.74, 6) is 0.536. The highest BCUT2D eigenvalue weighted by atomic mass is 35.5. The van der Waals surface area contributed by atoms with Gasteiger partial charge in [-0.1, -0.05) is 40.9 Å². The van der Waals surface area contributed by atoms with Crippen molar-refractivity contribution in [1.82, 2.24) is 0 Å². The fraction of sp³-hybridized carbons (Fsp3) is 0.0625. The number of rotatable bonds is 3. The molecule has 0 aliphatic carbocycles. The maximum Gasteiger partial charge on any atom is 0.211 e. The Morgan fingerprint density at radius 3 is 2.45 bits per heavy atom. The van der Waals surface area contributed by atoms with Crippen molar-refractivity contribution in [2.24, 2.45) is 0 Å². The minimum atomic E-state index is -0.274. The summed E-state index contributed by atoms with van der Waals surface area (Å²) in [5, 5.41) is 1.51. The Morgan fingerprint density at radius 1 is 1.00 bits per heavy atom. The van der Waals surface area contributed by atoms with Crippen LogP contribution in [0.4, 0.5) is 0 Å². The first-order chi connectivity index (χ1) is 10.6. The summed E-state index contributed by atoms with van der Waals surface area (Å²) in [6.45, 7) is 0.210. The quantitative estimate of drug-likeness (QED) is 0.637. The van der Waals surface area contributed by atoms with E-state index < -0.39 is 0 Å². The molecule has 3 nitrogen and oxygen atoms in total. The van der Waals surface area contributed by atoms with Crippen molar-refractivity contribution in [3.8, 4) is 5.75 Å². The van der Waals surface area contributed by atoms with E-state index in [4.69, 9.17) is 44.0 Å². The van der Waals surface area contributed by atoms with E-state index in [1.807, 2.05) is 0 Å². The summed E-state index contributed by atoms with van der Waals surface area (Å²) in [7, 11) is 0. The minimum absolute atomic E-state index is 0.0454. The second-order valence-electron chi connectivity index (χ2n) is 4.56. The van der Waals surface area contributed by atoms with Crippen LogP contribution in [0.5, 0.6) is 5.75 Å². The van der Waals surface area contributed by atoms with Gasteiger partial charge in [-0.25, -0.2) is 0 Å². The molecule has 0 aliphatic rings. The van der Waals surface area contributed by atoms with E-state index in [0.717, 1.165) is 0 Å². The molecule has 0 fully saturated rings. The molecule has 0 amide bonds. The standard InChI is InChI=1S/C16H9Cl3O3/c17-12-2-1-3-13(18)11(12)7-21-9-4-5-10-15(6-9)22-8-14(19)16(10)20/h1-6,8H,7H2. The Labute approximate surface area is 141 Å². The van der Waals surface area contributed by atoms with Crippen LogP contribution in [-0.4, -0.2) is 0 Å². The lowest BCUT2D eigenvalue weighted by atomic mass is 10.2. The zero-order valence-electron chi connectivity index (χ0n) is 11.1. The molecule has 0 N–H and O–H groups in total. The molecule has 1 aromatic heterocycles. The van der Waals surface area contributed by atoms with Crippen LogP contribution in [0, 0.1) is 0 Å². The van der Waals surface area contributed by atoms with Gasteiger partial charge in [0.1, 0.15) is 29.2 Å². The predicted octanol–water partition coefficient (Wildman–Crippen LogP) is 5.33. The van der Waals surface area contributed by atoms with Gasteiger partial charge in [0.25, 0.3) is 0 Å². The maximum atomic E-state index is 11.8. The molecule has 2 aromatic carbocycles. The van der Waals surface area contributed by atoms with Crippen molar-refractivity contribution in [3.05, 3.63) is 73.5 Å². The molecule has 0 bridgehead atoms. The van der Waals surface area contributed by atoms with E-state index >= 15 is 0 Å². The van der Waals surface area contributed by atoms with Crippen LogP contribution in [0.15, 0.2) is 51.9 Å². The van der Waals surface area contributed by atoms with Gasteiger partial charge in [0.05, 0.1) is 5.39 Å². The number of hydrogen-bond donors (Lipinski definition) is 0. The average molecular weight is 356 g/mol. The third-order valence-corrected chi connectivity index (χ3v) is 4.12. The first kappa shape index (κ1) is 15.2. The van der Waals surface area contributed by atoms with Crippen molar-refractivity contribution < 1.29 is 9.15 Å². The highest BCUT2D eigenvalue weighted by Crippen LogP contribution is 2.27. The highest BCUT2D eigenvalue weighted by Gasteiger charge is 2.09. The highest BCUT2D eigenvalue weighted by molar-refractivity contribution is 6.36. The normalized spacial score (nSPS) is 10.9. The first-order valence-corrected chi connectivity index (χ1v) is 7.46. The molecule has 6 heteroatoms. The van der Waals surface area contributed by atoms with Crippen molar-refractivity contribution >= 4 is 45.8 Å². The molecular formula is C16H9Cl3O3. The van der Waals surface area contributed by atoms with E-state index in [0.29, 0.717) is 32.3 Å². The topological polar surface area (TPSA) is 39.4 Å². The number of ether oxygens (including phenoxy) is 1. The lowest BCUT2D eigenvalue weighted by Crippen LogP contribution is -2.02. The molecule has 0 unspecified atom stereocenters. The summed E-state index contributed by atoms with van der Waals surface area (Å²) < 4.78 is 11.0. The van der Waals surface area contributed by atoms with E-state index in [9.17, 15) is 4.79 Å². The van der Waals surface area contributed by atoms with Gasteiger partial charge in [0, 0.05) is 21.7 Å². The minimum Gasteiger partial charge on any atom is -0.489 e. The molecule has 0 atom stereocenters. The second-order valence-corrected chi connectivity index (χ2v) is 5.78. The van der Waals surface area contributed by atoms with Gasteiger partial charge in [-0.3, -0.25) is 4.79 Å². The van der Waals surface area contributed by atoms with E-state index in [1.54, 1.807) is 36.4 Å².